The molecule has 0 saturated carbocycles. The first-order valence-corrected chi connectivity index (χ1v) is 11.6. The van der Waals surface area contributed by atoms with E-state index in [2.05, 4.69) is 51.1 Å². The molecular weight excluding hydrogens is 458 g/mol. The first kappa shape index (κ1) is 23.4. The fourth-order valence-electron chi connectivity index (χ4n) is 3.76. The van der Waals surface area contributed by atoms with Gasteiger partial charge in [0, 0.05) is 42.0 Å². The van der Waals surface area contributed by atoms with E-state index in [0.717, 1.165) is 41.9 Å². The van der Waals surface area contributed by atoms with Crippen LogP contribution < -0.4 is 19.7 Å². The zero-order chi connectivity index (χ0) is 22.4. The molecule has 7 heteroatoms. The van der Waals surface area contributed by atoms with Gasteiger partial charge < -0.3 is 24.6 Å². The van der Waals surface area contributed by atoms with Gasteiger partial charge in [0.2, 0.25) is 5.91 Å². The number of piperazine rings is 1. The van der Waals surface area contributed by atoms with Gasteiger partial charge in [-0.25, -0.2) is 0 Å². The summed E-state index contributed by atoms with van der Waals surface area (Å²) in [6, 6.07) is 9.88. The number of anilines is 2. The summed E-state index contributed by atoms with van der Waals surface area (Å²) < 4.78 is 12.2. The van der Waals surface area contributed by atoms with Gasteiger partial charge >= 0.3 is 0 Å². The van der Waals surface area contributed by atoms with E-state index in [0.29, 0.717) is 24.7 Å². The van der Waals surface area contributed by atoms with Crippen molar-refractivity contribution >= 4 is 33.2 Å². The number of carbonyl (C=O) groups is 1. The Hall–Kier alpha value is -2.25. The lowest BCUT2D eigenvalue weighted by Gasteiger charge is -2.35. The van der Waals surface area contributed by atoms with Crippen molar-refractivity contribution in [2.45, 2.75) is 27.2 Å². The largest absolute Gasteiger partial charge is 0.490 e. The van der Waals surface area contributed by atoms with Gasteiger partial charge in [0.05, 0.1) is 19.6 Å². The van der Waals surface area contributed by atoms with E-state index in [1.54, 1.807) is 0 Å². The Morgan fingerprint density at radius 2 is 1.68 bits per heavy atom. The van der Waals surface area contributed by atoms with Gasteiger partial charge in [0.15, 0.2) is 11.5 Å². The molecule has 3 rings (SSSR count). The molecule has 2 aromatic rings. The van der Waals surface area contributed by atoms with Crippen LogP contribution in [0.3, 0.4) is 0 Å². The van der Waals surface area contributed by atoms with Crippen LogP contribution in [0, 0.1) is 6.92 Å². The minimum Gasteiger partial charge on any atom is -0.490 e. The third kappa shape index (κ3) is 6.14. The number of ether oxygens (including phenoxy) is 2. The number of carbonyl (C=O) groups excluding carboxylic acids is 1. The first-order chi connectivity index (χ1) is 14.9. The van der Waals surface area contributed by atoms with Crippen LogP contribution in [-0.2, 0) is 11.2 Å². The van der Waals surface area contributed by atoms with E-state index in [1.807, 2.05) is 38.1 Å². The Labute approximate surface area is 193 Å². The Morgan fingerprint density at radius 3 is 2.29 bits per heavy atom. The Morgan fingerprint density at radius 1 is 1.03 bits per heavy atom. The molecule has 1 N–H and O–H groups in total. The third-order valence-corrected chi connectivity index (χ3v) is 6.13. The quantitative estimate of drug-likeness (QED) is 0.591. The Kier molecular flexibility index (Phi) is 8.21. The molecule has 1 aliphatic rings. The van der Waals surface area contributed by atoms with Gasteiger partial charge in [0.1, 0.15) is 0 Å². The second-order valence-corrected chi connectivity index (χ2v) is 8.63. The van der Waals surface area contributed by atoms with Crippen LogP contribution in [0.1, 0.15) is 25.0 Å². The molecule has 0 spiro atoms. The number of hydrogen-bond donors (Lipinski definition) is 1. The van der Waals surface area contributed by atoms with Gasteiger partial charge in [-0.2, -0.15) is 0 Å². The van der Waals surface area contributed by atoms with E-state index in [9.17, 15) is 4.79 Å². The maximum Gasteiger partial charge on any atom is 0.228 e. The van der Waals surface area contributed by atoms with Crippen molar-refractivity contribution in [1.29, 1.82) is 0 Å². The number of amides is 1. The summed E-state index contributed by atoms with van der Waals surface area (Å²) in [7, 11) is 2.16. The average molecular weight is 490 g/mol. The molecule has 168 valence electrons. The minimum absolute atomic E-state index is 0.0703. The predicted octanol–water partition coefficient (Wildman–Crippen LogP) is 4.49. The summed E-state index contributed by atoms with van der Waals surface area (Å²) >= 11 is 3.56. The Bertz CT molecular complexity index is 911. The number of nitrogens with zero attached hydrogens (tertiary/aromatic N) is 2. The molecule has 0 atom stereocenters. The van der Waals surface area contributed by atoms with Gasteiger partial charge in [-0.05, 0) is 69.3 Å². The van der Waals surface area contributed by atoms with E-state index in [-0.39, 0.29) is 12.3 Å². The number of nitrogens with one attached hydrogen (secondary N) is 1. The second kappa shape index (κ2) is 10.9. The van der Waals surface area contributed by atoms with Crippen molar-refractivity contribution < 1.29 is 14.3 Å². The molecule has 1 aliphatic heterocycles. The van der Waals surface area contributed by atoms with Crippen molar-refractivity contribution in [3.8, 4) is 11.5 Å². The SMILES string of the molecule is CCOc1cc(Br)c(CC(=O)Nc2ccc(N3CCN(C)CC3)c(C)c2)cc1OCC. The molecule has 1 heterocycles. The average Bonchev–Trinajstić information content (AvgIpc) is 2.72. The highest BCUT2D eigenvalue weighted by Crippen LogP contribution is 2.34. The zero-order valence-electron chi connectivity index (χ0n) is 18.8. The number of benzene rings is 2. The van der Waals surface area contributed by atoms with Gasteiger partial charge in [-0.3, -0.25) is 4.79 Å². The normalized spacial score (nSPS) is 14.4. The van der Waals surface area contributed by atoms with Crippen LogP contribution in [0.25, 0.3) is 0 Å². The van der Waals surface area contributed by atoms with E-state index in [1.165, 1.54) is 11.3 Å². The lowest BCUT2D eigenvalue weighted by Crippen LogP contribution is -2.44. The van der Waals surface area contributed by atoms with Crippen LogP contribution in [0.5, 0.6) is 11.5 Å². The molecule has 6 nitrogen and oxygen atoms in total. The molecule has 1 fully saturated rings. The molecule has 0 aliphatic carbocycles. The lowest BCUT2D eigenvalue weighted by atomic mass is 10.1. The highest BCUT2D eigenvalue weighted by molar-refractivity contribution is 9.10. The van der Waals surface area contributed by atoms with E-state index >= 15 is 0 Å². The van der Waals surface area contributed by atoms with E-state index < -0.39 is 0 Å². The van der Waals surface area contributed by atoms with Crippen molar-refractivity contribution in [3.05, 3.63) is 45.9 Å². The van der Waals surface area contributed by atoms with E-state index in [4.69, 9.17) is 9.47 Å². The van der Waals surface area contributed by atoms with Crippen molar-refractivity contribution in [2.24, 2.45) is 0 Å². The molecule has 31 heavy (non-hydrogen) atoms. The highest BCUT2D eigenvalue weighted by Gasteiger charge is 2.17. The van der Waals surface area contributed by atoms with Crippen molar-refractivity contribution in [2.75, 3.05) is 56.7 Å². The number of hydrogen-bond acceptors (Lipinski definition) is 5. The molecule has 0 radical (unpaired) electrons. The number of likely N-dealkylation sites (N-methyl/N-ethyl adjacent to an activating group) is 1. The summed E-state index contributed by atoms with van der Waals surface area (Å²) in [4.78, 5) is 17.5. The fourth-order valence-corrected chi connectivity index (χ4v) is 4.23. The maximum atomic E-state index is 12.7. The fraction of sp³-hybridized carbons (Fsp3) is 0.458. The van der Waals surface area contributed by atoms with Crippen LogP contribution in [0.15, 0.2) is 34.8 Å². The summed E-state index contributed by atoms with van der Waals surface area (Å²) in [5.74, 6) is 1.26. The summed E-state index contributed by atoms with van der Waals surface area (Å²) in [5, 5.41) is 3.03. The van der Waals surface area contributed by atoms with Crippen LogP contribution in [0.2, 0.25) is 0 Å². The summed E-state index contributed by atoms with van der Waals surface area (Å²) in [6.45, 7) is 11.2. The Balaban J connectivity index is 1.68. The van der Waals surface area contributed by atoms with Gasteiger partial charge in [0.25, 0.3) is 0 Å². The number of aryl methyl sites for hydroxylation is 1. The lowest BCUT2D eigenvalue weighted by molar-refractivity contribution is -0.115. The molecule has 0 aromatic heterocycles. The summed E-state index contributed by atoms with van der Waals surface area (Å²) in [5.41, 5.74) is 4.08. The molecule has 0 unspecified atom stereocenters. The van der Waals surface area contributed by atoms with Crippen molar-refractivity contribution in [3.63, 3.8) is 0 Å². The summed E-state index contributed by atoms with van der Waals surface area (Å²) in [6.07, 6.45) is 0.242. The van der Waals surface area contributed by atoms with Crippen LogP contribution in [-0.4, -0.2) is 57.2 Å². The molecular formula is C24H32BrN3O3. The smallest absolute Gasteiger partial charge is 0.228 e. The molecule has 1 amide bonds. The van der Waals surface area contributed by atoms with Crippen LogP contribution in [0.4, 0.5) is 11.4 Å². The van der Waals surface area contributed by atoms with Gasteiger partial charge in [-0.1, -0.05) is 15.9 Å². The maximum absolute atomic E-state index is 12.7. The zero-order valence-corrected chi connectivity index (χ0v) is 20.4. The highest BCUT2D eigenvalue weighted by atomic mass is 79.9. The van der Waals surface area contributed by atoms with Crippen molar-refractivity contribution in [1.82, 2.24) is 4.90 Å². The second-order valence-electron chi connectivity index (χ2n) is 7.77. The number of halogens is 1. The standard InChI is InChI=1S/C24H32BrN3O3/c1-5-30-22-14-18(20(25)16-23(22)31-6-2)15-24(29)26-19-7-8-21(17(3)13-19)28-11-9-27(4)10-12-28/h7-8,13-14,16H,5-6,9-12,15H2,1-4H3,(H,26,29). The predicted molar refractivity (Wildman–Crippen MR) is 130 cm³/mol. The topological polar surface area (TPSA) is 54.0 Å². The van der Waals surface area contributed by atoms with Crippen LogP contribution >= 0.6 is 15.9 Å². The third-order valence-electron chi connectivity index (χ3n) is 5.39. The molecule has 0 bridgehead atoms. The van der Waals surface area contributed by atoms with Gasteiger partial charge in [-0.15, -0.1) is 0 Å². The molecule has 2 aromatic carbocycles. The first-order valence-electron chi connectivity index (χ1n) is 10.8. The monoisotopic (exact) mass is 489 g/mol. The molecule has 1 saturated heterocycles. The minimum atomic E-state index is -0.0703. The number of rotatable bonds is 8.